The number of fused-ring (bicyclic) bond motifs is 1. The number of hydrogen-bond acceptors (Lipinski definition) is 7. The molecule has 2 aromatic carbocycles. The van der Waals surface area contributed by atoms with Gasteiger partial charge in [-0.15, -0.1) is 0 Å². The number of carbonyl (C=O) groups excluding carboxylic acids is 2. The zero-order chi connectivity index (χ0) is 28.8. The molecule has 1 N–H and O–H groups in total. The smallest absolute Gasteiger partial charge is 0.301 e. The highest BCUT2D eigenvalue weighted by molar-refractivity contribution is 7.22. The van der Waals surface area contributed by atoms with Crippen molar-refractivity contribution in [3.63, 3.8) is 0 Å². The Kier molecular flexibility index (Phi) is 7.23. The molecule has 40 heavy (non-hydrogen) atoms. The highest BCUT2D eigenvalue weighted by Crippen LogP contribution is 2.45. The van der Waals surface area contributed by atoms with Gasteiger partial charge >= 0.3 is 5.91 Å². The molecule has 1 atom stereocenters. The van der Waals surface area contributed by atoms with Gasteiger partial charge < -0.3 is 9.84 Å². The summed E-state index contributed by atoms with van der Waals surface area (Å²) in [6.07, 6.45) is 3.24. The zero-order valence-corrected chi connectivity index (χ0v) is 24.4. The molecule has 1 amide bonds. The number of rotatable bonds is 6. The maximum absolute atomic E-state index is 13.6. The fraction of sp³-hybridized carbons (Fsp3) is 0.312. The van der Waals surface area contributed by atoms with Crippen LogP contribution in [-0.2, 0) is 15.0 Å². The molecule has 0 saturated carbocycles. The Morgan fingerprint density at radius 3 is 2.55 bits per heavy atom. The topological polar surface area (TPSA) is 92.6 Å². The van der Waals surface area contributed by atoms with E-state index in [4.69, 9.17) is 9.72 Å². The van der Waals surface area contributed by atoms with E-state index in [9.17, 15) is 14.7 Å². The summed E-state index contributed by atoms with van der Waals surface area (Å²) in [6.45, 7) is 12.9. The molecule has 0 spiro atoms. The van der Waals surface area contributed by atoms with Gasteiger partial charge in [0.25, 0.3) is 5.78 Å². The Morgan fingerprint density at radius 2 is 1.90 bits per heavy atom. The molecular formula is C32H33N3O4S. The van der Waals surface area contributed by atoms with E-state index in [1.807, 2.05) is 39.0 Å². The molecule has 4 aromatic rings. The number of ether oxygens (including phenoxy) is 1. The molecular weight excluding hydrogens is 522 g/mol. The Labute approximate surface area is 238 Å². The predicted molar refractivity (Wildman–Crippen MR) is 159 cm³/mol. The number of Topliss-reactive ketones (excluding diaryl/α,β-unsaturated/α-hetero) is 1. The Balaban J connectivity index is 1.68. The number of ketones is 1. The van der Waals surface area contributed by atoms with Gasteiger partial charge in [0.15, 0.2) is 5.13 Å². The van der Waals surface area contributed by atoms with Crippen molar-refractivity contribution >= 4 is 44.1 Å². The molecule has 0 bridgehead atoms. The molecule has 206 valence electrons. The second kappa shape index (κ2) is 10.5. The summed E-state index contributed by atoms with van der Waals surface area (Å²) in [5.74, 6) is -0.897. The van der Waals surface area contributed by atoms with Crippen LogP contribution in [0.15, 0.2) is 66.5 Å². The summed E-state index contributed by atoms with van der Waals surface area (Å²) in [7, 11) is 0. The van der Waals surface area contributed by atoms with E-state index in [1.54, 1.807) is 36.7 Å². The van der Waals surface area contributed by atoms with Crippen molar-refractivity contribution in [2.45, 2.75) is 58.9 Å². The number of aliphatic hydroxyl groups excluding tert-OH is 1. The third-order valence-electron chi connectivity index (χ3n) is 7.10. The largest absolute Gasteiger partial charge is 0.507 e. The molecule has 7 nitrogen and oxygen atoms in total. The standard InChI is InChI=1S/C32H33N3O4S/c1-7-39-24-13-10-19(15-22(24)18(2)3)28(36)26-27(20-9-8-14-33-17-20)35(30(38)29(26)37)31-34-23-12-11-21(32(4,5)6)16-25(23)40-31/h8-18,27,36H,7H2,1-6H3/b28-26+. The second-order valence-electron chi connectivity index (χ2n) is 11.2. The lowest BCUT2D eigenvalue weighted by molar-refractivity contribution is -0.132. The fourth-order valence-electron chi connectivity index (χ4n) is 4.95. The molecule has 8 heteroatoms. The van der Waals surface area contributed by atoms with E-state index in [0.29, 0.717) is 22.9 Å². The molecule has 1 aliphatic rings. The van der Waals surface area contributed by atoms with Crippen molar-refractivity contribution in [2.75, 3.05) is 11.5 Å². The van der Waals surface area contributed by atoms with Crippen LogP contribution < -0.4 is 9.64 Å². The molecule has 0 aliphatic carbocycles. The highest BCUT2D eigenvalue weighted by atomic mass is 32.1. The van der Waals surface area contributed by atoms with Crippen LogP contribution in [-0.4, -0.2) is 33.4 Å². The molecule has 0 radical (unpaired) electrons. The average molecular weight is 556 g/mol. The number of nitrogens with zero attached hydrogens (tertiary/aromatic N) is 3. The molecule has 1 aliphatic heterocycles. The number of carbonyl (C=O) groups is 2. The number of anilines is 1. The fourth-order valence-corrected chi connectivity index (χ4v) is 5.99. The van der Waals surface area contributed by atoms with Gasteiger partial charge in [0.2, 0.25) is 0 Å². The van der Waals surface area contributed by atoms with Crippen LogP contribution in [0.3, 0.4) is 0 Å². The first-order valence-corrected chi connectivity index (χ1v) is 14.2. The van der Waals surface area contributed by atoms with E-state index < -0.39 is 17.7 Å². The van der Waals surface area contributed by atoms with Gasteiger partial charge in [-0.1, -0.05) is 58.1 Å². The summed E-state index contributed by atoms with van der Waals surface area (Å²) in [6, 6.07) is 14.1. The number of benzene rings is 2. The van der Waals surface area contributed by atoms with Crippen LogP contribution in [0.2, 0.25) is 0 Å². The maximum Gasteiger partial charge on any atom is 0.301 e. The van der Waals surface area contributed by atoms with Gasteiger partial charge in [-0.2, -0.15) is 0 Å². The Bertz CT molecular complexity index is 1630. The normalized spacial score (nSPS) is 17.3. The van der Waals surface area contributed by atoms with E-state index in [2.05, 4.69) is 31.8 Å². The van der Waals surface area contributed by atoms with Gasteiger partial charge in [0, 0.05) is 18.0 Å². The first kappa shape index (κ1) is 27.5. The average Bonchev–Trinajstić information content (AvgIpc) is 3.46. The minimum Gasteiger partial charge on any atom is -0.507 e. The molecule has 2 aromatic heterocycles. The summed E-state index contributed by atoms with van der Waals surface area (Å²) < 4.78 is 6.70. The Morgan fingerprint density at radius 1 is 1.12 bits per heavy atom. The lowest BCUT2D eigenvalue weighted by atomic mass is 9.87. The van der Waals surface area contributed by atoms with Crippen molar-refractivity contribution in [3.05, 3.63) is 88.8 Å². The number of thiazole rings is 1. The van der Waals surface area contributed by atoms with E-state index in [-0.39, 0.29) is 22.7 Å². The molecule has 1 saturated heterocycles. The third kappa shape index (κ3) is 4.88. The van der Waals surface area contributed by atoms with Crippen LogP contribution in [0.1, 0.15) is 75.8 Å². The van der Waals surface area contributed by atoms with Crippen LogP contribution in [0.5, 0.6) is 5.75 Å². The van der Waals surface area contributed by atoms with Gasteiger partial charge in [0.1, 0.15) is 11.5 Å². The summed E-state index contributed by atoms with van der Waals surface area (Å²) in [4.78, 5) is 37.6. The molecule has 5 rings (SSSR count). The number of aromatic nitrogens is 2. The first-order valence-electron chi connectivity index (χ1n) is 13.4. The van der Waals surface area contributed by atoms with Crippen molar-refractivity contribution in [1.29, 1.82) is 0 Å². The monoisotopic (exact) mass is 555 g/mol. The van der Waals surface area contributed by atoms with Crippen molar-refractivity contribution < 1.29 is 19.4 Å². The van der Waals surface area contributed by atoms with Crippen LogP contribution in [0.4, 0.5) is 5.13 Å². The number of hydrogen-bond donors (Lipinski definition) is 1. The first-order chi connectivity index (χ1) is 19.0. The van der Waals surface area contributed by atoms with Crippen molar-refractivity contribution in [1.82, 2.24) is 9.97 Å². The van der Waals surface area contributed by atoms with E-state index in [0.717, 1.165) is 27.1 Å². The number of pyridine rings is 1. The lowest BCUT2D eigenvalue weighted by Gasteiger charge is -2.22. The summed E-state index contributed by atoms with van der Waals surface area (Å²) >= 11 is 1.35. The van der Waals surface area contributed by atoms with Crippen LogP contribution >= 0.6 is 11.3 Å². The second-order valence-corrected chi connectivity index (χ2v) is 12.2. The molecule has 3 heterocycles. The van der Waals surface area contributed by atoms with Gasteiger partial charge in [-0.25, -0.2) is 4.98 Å². The van der Waals surface area contributed by atoms with Crippen LogP contribution in [0.25, 0.3) is 16.0 Å². The Hall–Kier alpha value is -4.04. The summed E-state index contributed by atoms with van der Waals surface area (Å²) in [5.41, 5.74) is 3.80. The maximum atomic E-state index is 13.6. The quantitative estimate of drug-likeness (QED) is 0.154. The molecule has 1 unspecified atom stereocenters. The van der Waals surface area contributed by atoms with E-state index in [1.165, 1.54) is 16.2 Å². The SMILES string of the molecule is CCOc1ccc(/C(O)=C2\C(=O)C(=O)N(c3nc4ccc(C(C)(C)C)cc4s3)C2c2cccnc2)cc1C(C)C. The lowest BCUT2D eigenvalue weighted by Crippen LogP contribution is -2.29. The minimum atomic E-state index is -0.884. The number of aliphatic hydroxyl groups is 1. The van der Waals surface area contributed by atoms with E-state index >= 15 is 0 Å². The van der Waals surface area contributed by atoms with Gasteiger partial charge in [0.05, 0.1) is 28.4 Å². The highest BCUT2D eigenvalue weighted by Gasteiger charge is 2.48. The van der Waals surface area contributed by atoms with Crippen molar-refractivity contribution in [2.24, 2.45) is 0 Å². The van der Waals surface area contributed by atoms with Crippen molar-refractivity contribution in [3.8, 4) is 5.75 Å². The zero-order valence-electron chi connectivity index (χ0n) is 23.6. The predicted octanol–water partition coefficient (Wildman–Crippen LogP) is 7.14. The van der Waals surface area contributed by atoms with Gasteiger partial charge in [-0.05, 0) is 71.3 Å². The van der Waals surface area contributed by atoms with Gasteiger partial charge in [-0.3, -0.25) is 19.5 Å². The minimum absolute atomic E-state index is 0.00602. The summed E-state index contributed by atoms with van der Waals surface area (Å²) in [5, 5.41) is 12.0. The molecule has 1 fully saturated rings. The number of amides is 1. The van der Waals surface area contributed by atoms with Crippen LogP contribution in [0, 0.1) is 0 Å². The third-order valence-corrected chi connectivity index (χ3v) is 8.12.